The van der Waals surface area contributed by atoms with Crippen molar-refractivity contribution in [3.8, 4) is 5.75 Å². The number of aromatic nitrogens is 2. The summed E-state index contributed by atoms with van der Waals surface area (Å²) in [6.07, 6.45) is 2.64. The van der Waals surface area contributed by atoms with Gasteiger partial charge in [-0.2, -0.15) is 10.2 Å². The Morgan fingerprint density at radius 3 is 2.33 bits per heavy atom. The summed E-state index contributed by atoms with van der Waals surface area (Å²) in [6, 6.07) is 22.4. The Morgan fingerprint density at radius 1 is 1.03 bits per heavy atom. The van der Waals surface area contributed by atoms with E-state index >= 15 is 0 Å². The summed E-state index contributed by atoms with van der Waals surface area (Å²) in [5.41, 5.74) is 4.08. The van der Waals surface area contributed by atoms with Crippen LogP contribution < -0.4 is 10.2 Å². The smallest absolute Gasteiger partial charge is 0.320 e. The van der Waals surface area contributed by atoms with Gasteiger partial charge in [0, 0.05) is 14.5 Å². The maximum atomic E-state index is 12.6. The van der Waals surface area contributed by atoms with Crippen LogP contribution >= 0.6 is 31.9 Å². The minimum Gasteiger partial charge on any atom is -0.488 e. The number of hydrazone groups is 1. The normalized spacial score (nSPS) is 10.9. The Kier molecular flexibility index (Phi) is 8.24. The van der Waals surface area contributed by atoms with Gasteiger partial charge in [-0.3, -0.25) is 19.6 Å². The fourth-order valence-corrected chi connectivity index (χ4v) is 3.77. The highest BCUT2D eigenvalue weighted by Gasteiger charge is 2.25. The van der Waals surface area contributed by atoms with Crippen LogP contribution in [0.2, 0.25) is 0 Å². The number of para-hydroxylation sites is 1. The van der Waals surface area contributed by atoms with Gasteiger partial charge in [-0.1, -0.05) is 68.3 Å². The SMILES string of the molecule is O=C(NN=Cc1ccccc1OCc1ccc(Br)cc1)c1nn(Cc2ccc(Br)cc2)cc1[N+](=O)[O-]. The number of rotatable bonds is 9. The molecule has 1 aromatic heterocycles. The van der Waals surface area contributed by atoms with Crippen LogP contribution in [-0.2, 0) is 13.2 Å². The van der Waals surface area contributed by atoms with Crippen LogP contribution in [0, 0.1) is 10.1 Å². The zero-order valence-corrected chi connectivity index (χ0v) is 21.8. The average Bonchev–Trinajstić information content (AvgIpc) is 3.30. The molecule has 36 heavy (non-hydrogen) atoms. The molecule has 0 unspecified atom stereocenters. The number of nitrogens with one attached hydrogen (secondary N) is 1. The lowest BCUT2D eigenvalue weighted by atomic mass is 10.2. The Labute approximate surface area is 223 Å². The van der Waals surface area contributed by atoms with Crippen molar-refractivity contribution in [2.75, 3.05) is 0 Å². The molecule has 0 aliphatic rings. The standard InChI is InChI=1S/C25H19Br2N5O4/c26-20-9-5-17(6-10-20)14-31-15-22(32(34)35)24(30-31)25(33)29-28-13-19-3-1-2-4-23(19)36-16-18-7-11-21(27)12-8-18/h1-13,15H,14,16H2,(H,29,33). The summed E-state index contributed by atoms with van der Waals surface area (Å²) in [5.74, 6) is -0.219. The minimum absolute atomic E-state index is 0.272. The molecule has 0 spiro atoms. The van der Waals surface area contributed by atoms with Gasteiger partial charge in [-0.15, -0.1) is 0 Å². The first kappa shape index (κ1) is 25.3. The zero-order valence-electron chi connectivity index (χ0n) is 18.7. The summed E-state index contributed by atoms with van der Waals surface area (Å²) >= 11 is 6.77. The minimum atomic E-state index is -0.791. The molecule has 0 bridgehead atoms. The lowest BCUT2D eigenvalue weighted by Gasteiger charge is -2.09. The Morgan fingerprint density at radius 2 is 1.67 bits per heavy atom. The average molecular weight is 613 g/mol. The number of halogens is 2. The molecule has 1 amide bonds. The van der Waals surface area contributed by atoms with Crippen molar-refractivity contribution >= 4 is 49.7 Å². The highest BCUT2D eigenvalue weighted by Crippen LogP contribution is 2.20. The molecule has 1 heterocycles. The van der Waals surface area contributed by atoms with Gasteiger partial charge in [0.15, 0.2) is 0 Å². The van der Waals surface area contributed by atoms with Gasteiger partial charge in [0.1, 0.15) is 18.6 Å². The molecular weight excluding hydrogens is 594 g/mol. The van der Waals surface area contributed by atoms with E-state index in [0.29, 0.717) is 17.9 Å². The predicted molar refractivity (Wildman–Crippen MR) is 142 cm³/mol. The Bertz CT molecular complexity index is 1400. The number of nitrogens with zero attached hydrogens (tertiary/aromatic N) is 4. The van der Waals surface area contributed by atoms with E-state index in [4.69, 9.17) is 4.74 Å². The first-order chi connectivity index (χ1) is 17.4. The van der Waals surface area contributed by atoms with Crippen molar-refractivity contribution in [3.63, 3.8) is 0 Å². The van der Waals surface area contributed by atoms with E-state index in [1.165, 1.54) is 17.1 Å². The number of benzene rings is 3. The predicted octanol–water partition coefficient (Wildman–Crippen LogP) is 5.71. The fraction of sp³-hybridized carbons (Fsp3) is 0.0800. The number of amides is 1. The lowest BCUT2D eigenvalue weighted by Crippen LogP contribution is -2.20. The highest BCUT2D eigenvalue weighted by atomic mass is 79.9. The molecule has 182 valence electrons. The van der Waals surface area contributed by atoms with Crippen molar-refractivity contribution < 1.29 is 14.5 Å². The third-order valence-electron chi connectivity index (χ3n) is 5.01. The maximum absolute atomic E-state index is 12.6. The number of carbonyl (C=O) groups excluding carboxylic acids is 1. The summed E-state index contributed by atoms with van der Waals surface area (Å²) < 4.78 is 9.14. The van der Waals surface area contributed by atoms with Gasteiger partial charge in [0.25, 0.3) is 5.91 Å². The highest BCUT2D eigenvalue weighted by molar-refractivity contribution is 9.10. The van der Waals surface area contributed by atoms with Crippen LogP contribution in [0.1, 0.15) is 27.2 Å². The van der Waals surface area contributed by atoms with E-state index in [1.54, 1.807) is 12.1 Å². The summed E-state index contributed by atoms with van der Waals surface area (Å²) in [4.78, 5) is 23.5. The first-order valence-electron chi connectivity index (χ1n) is 10.6. The molecule has 0 radical (unpaired) electrons. The van der Waals surface area contributed by atoms with Gasteiger partial charge in [0.2, 0.25) is 5.69 Å². The van der Waals surface area contributed by atoms with Gasteiger partial charge >= 0.3 is 5.69 Å². The van der Waals surface area contributed by atoms with Crippen molar-refractivity contribution in [2.24, 2.45) is 5.10 Å². The van der Waals surface area contributed by atoms with E-state index in [9.17, 15) is 14.9 Å². The number of nitro groups is 1. The zero-order chi connectivity index (χ0) is 25.5. The van der Waals surface area contributed by atoms with Crippen LogP contribution in [0.15, 0.2) is 93.0 Å². The largest absolute Gasteiger partial charge is 0.488 e. The van der Waals surface area contributed by atoms with E-state index in [1.807, 2.05) is 60.7 Å². The summed E-state index contributed by atoms with van der Waals surface area (Å²) in [7, 11) is 0. The molecule has 9 nitrogen and oxygen atoms in total. The maximum Gasteiger partial charge on any atom is 0.320 e. The topological polar surface area (TPSA) is 112 Å². The molecule has 0 atom stereocenters. The molecule has 4 aromatic rings. The monoisotopic (exact) mass is 611 g/mol. The van der Waals surface area contributed by atoms with E-state index in [0.717, 1.165) is 20.1 Å². The van der Waals surface area contributed by atoms with Crippen LogP contribution in [0.3, 0.4) is 0 Å². The van der Waals surface area contributed by atoms with E-state index in [2.05, 4.69) is 47.5 Å². The van der Waals surface area contributed by atoms with Crippen molar-refractivity contribution in [1.29, 1.82) is 0 Å². The summed E-state index contributed by atoms with van der Waals surface area (Å²) in [6.45, 7) is 0.625. The third-order valence-corrected chi connectivity index (χ3v) is 6.07. The second kappa shape index (κ2) is 11.7. The Hall–Kier alpha value is -3.83. The molecule has 0 saturated heterocycles. The molecule has 3 aromatic carbocycles. The van der Waals surface area contributed by atoms with Crippen molar-refractivity contribution in [1.82, 2.24) is 15.2 Å². The first-order valence-corrected chi connectivity index (χ1v) is 12.2. The molecular formula is C25H19Br2N5O4. The fourth-order valence-electron chi connectivity index (χ4n) is 3.24. The van der Waals surface area contributed by atoms with Gasteiger partial charge in [-0.25, -0.2) is 5.43 Å². The number of hydrogen-bond donors (Lipinski definition) is 1. The third kappa shape index (κ3) is 6.64. The van der Waals surface area contributed by atoms with Crippen molar-refractivity contribution in [2.45, 2.75) is 13.2 Å². The second-order valence-electron chi connectivity index (χ2n) is 7.60. The van der Waals surface area contributed by atoms with E-state index < -0.39 is 16.5 Å². The van der Waals surface area contributed by atoms with Gasteiger partial charge in [-0.05, 0) is 47.5 Å². The number of carbonyl (C=O) groups is 1. The van der Waals surface area contributed by atoms with Crippen LogP contribution in [0.5, 0.6) is 5.75 Å². The Balaban J connectivity index is 1.44. The quantitative estimate of drug-likeness (QED) is 0.148. The van der Waals surface area contributed by atoms with E-state index in [-0.39, 0.29) is 12.2 Å². The molecule has 0 fully saturated rings. The van der Waals surface area contributed by atoms with Crippen LogP contribution in [0.4, 0.5) is 5.69 Å². The molecule has 0 aliphatic carbocycles. The second-order valence-corrected chi connectivity index (χ2v) is 9.43. The number of hydrogen-bond acceptors (Lipinski definition) is 6. The van der Waals surface area contributed by atoms with Crippen molar-refractivity contribution in [3.05, 3.63) is 120 Å². The van der Waals surface area contributed by atoms with Crippen LogP contribution in [-0.4, -0.2) is 26.8 Å². The number of ether oxygens (including phenoxy) is 1. The molecule has 1 N–H and O–H groups in total. The molecule has 11 heteroatoms. The lowest BCUT2D eigenvalue weighted by molar-refractivity contribution is -0.385. The van der Waals surface area contributed by atoms with Gasteiger partial charge < -0.3 is 4.74 Å². The molecule has 0 aliphatic heterocycles. The summed E-state index contributed by atoms with van der Waals surface area (Å²) in [5, 5.41) is 19.6. The van der Waals surface area contributed by atoms with Crippen LogP contribution in [0.25, 0.3) is 0 Å². The molecule has 4 rings (SSSR count). The van der Waals surface area contributed by atoms with Gasteiger partial charge in [0.05, 0.1) is 17.7 Å². The molecule has 0 saturated carbocycles.